The van der Waals surface area contributed by atoms with Crippen LogP contribution in [0, 0.1) is 6.92 Å². The second-order valence-corrected chi connectivity index (χ2v) is 5.70. The highest BCUT2D eigenvalue weighted by Gasteiger charge is 2.14. The van der Waals surface area contributed by atoms with Gasteiger partial charge in [0, 0.05) is 6.54 Å². The molecule has 0 aromatic heterocycles. The Labute approximate surface area is 110 Å². The van der Waals surface area contributed by atoms with Crippen LogP contribution in [0.5, 0.6) is 0 Å². The lowest BCUT2D eigenvalue weighted by molar-refractivity contribution is -0.119. The molecule has 1 aromatic rings. The Morgan fingerprint density at radius 1 is 1.33 bits per heavy atom. The van der Waals surface area contributed by atoms with Crippen molar-refractivity contribution in [1.82, 2.24) is 5.32 Å². The van der Waals surface area contributed by atoms with Crippen LogP contribution in [-0.2, 0) is 16.6 Å². The van der Waals surface area contributed by atoms with E-state index in [0.717, 1.165) is 6.42 Å². The van der Waals surface area contributed by atoms with Crippen LogP contribution in [0.1, 0.15) is 37.5 Å². The summed E-state index contributed by atoms with van der Waals surface area (Å²) in [5.74, 6) is -0.0982. The van der Waals surface area contributed by atoms with Gasteiger partial charge in [-0.1, -0.05) is 39.0 Å². The van der Waals surface area contributed by atoms with Crippen molar-refractivity contribution < 1.29 is 4.79 Å². The predicted molar refractivity (Wildman–Crippen MR) is 75.6 cm³/mol. The number of carbonyl (C=O) groups is 1. The minimum Gasteiger partial charge on any atom is -0.355 e. The number of nitrogens with two attached hydrogens (primary N) is 1. The first-order valence-electron chi connectivity index (χ1n) is 6.41. The lowest BCUT2D eigenvalue weighted by Crippen LogP contribution is -2.31. The van der Waals surface area contributed by atoms with Gasteiger partial charge >= 0.3 is 0 Å². The number of amides is 1. The molecule has 0 aliphatic carbocycles. The number of hydrogen-bond acceptors (Lipinski definition) is 2. The maximum atomic E-state index is 11.0. The molecule has 0 aliphatic heterocycles. The Balaban J connectivity index is 2.66. The first-order chi connectivity index (χ1) is 8.34. The third kappa shape index (κ3) is 4.15. The van der Waals surface area contributed by atoms with E-state index >= 15 is 0 Å². The average Bonchev–Trinajstić information content (AvgIpc) is 2.29. The number of aryl methyl sites for hydroxylation is 1. The van der Waals surface area contributed by atoms with Crippen LogP contribution in [0.25, 0.3) is 0 Å². The van der Waals surface area contributed by atoms with E-state index in [2.05, 4.69) is 51.2 Å². The van der Waals surface area contributed by atoms with Gasteiger partial charge in [-0.25, -0.2) is 0 Å². The molecule has 0 unspecified atom stereocenters. The number of hydrogen-bond donors (Lipinski definition) is 2. The van der Waals surface area contributed by atoms with E-state index in [1.54, 1.807) is 0 Å². The minimum absolute atomic E-state index is 0.0575. The van der Waals surface area contributed by atoms with Gasteiger partial charge < -0.3 is 11.1 Å². The maximum Gasteiger partial charge on any atom is 0.233 e. The van der Waals surface area contributed by atoms with Gasteiger partial charge in [0.1, 0.15) is 0 Å². The molecule has 0 atom stereocenters. The maximum absolute atomic E-state index is 11.0. The molecule has 3 nitrogen and oxygen atoms in total. The molecular formula is C15H24N2O. The zero-order valence-electron chi connectivity index (χ0n) is 11.8. The minimum atomic E-state index is -0.0982. The van der Waals surface area contributed by atoms with E-state index in [1.807, 2.05) is 0 Å². The van der Waals surface area contributed by atoms with Gasteiger partial charge in [0.25, 0.3) is 0 Å². The van der Waals surface area contributed by atoms with Crippen LogP contribution in [0.15, 0.2) is 18.2 Å². The Morgan fingerprint density at radius 2 is 2.00 bits per heavy atom. The van der Waals surface area contributed by atoms with Crippen molar-refractivity contribution in [3.63, 3.8) is 0 Å². The molecule has 0 saturated carbocycles. The van der Waals surface area contributed by atoms with Crippen LogP contribution < -0.4 is 11.1 Å². The van der Waals surface area contributed by atoms with Crippen LogP contribution >= 0.6 is 0 Å². The summed E-state index contributed by atoms with van der Waals surface area (Å²) in [5.41, 5.74) is 9.32. The molecule has 0 fully saturated rings. The lowest BCUT2D eigenvalue weighted by atomic mass is 9.85. The lowest BCUT2D eigenvalue weighted by Gasteiger charge is -2.20. The SMILES string of the molecule is Cc1cc(C(C)(C)C)ccc1CCNC(=O)CN. The summed E-state index contributed by atoms with van der Waals surface area (Å²) in [7, 11) is 0. The molecule has 1 aromatic carbocycles. The van der Waals surface area contributed by atoms with Gasteiger partial charge in [0.05, 0.1) is 6.54 Å². The number of nitrogens with one attached hydrogen (secondary N) is 1. The van der Waals surface area contributed by atoms with E-state index in [4.69, 9.17) is 5.73 Å². The number of rotatable bonds is 4. The molecule has 3 heteroatoms. The van der Waals surface area contributed by atoms with Gasteiger partial charge in [0.15, 0.2) is 0 Å². The van der Waals surface area contributed by atoms with E-state index in [-0.39, 0.29) is 17.9 Å². The average molecular weight is 248 g/mol. The first-order valence-corrected chi connectivity index (χ1v) is 6.41. The van der Waals surface area contributed by atoms with Crippen LogP contribution in [0.3, 0.4) is 0 Å². The molecule has 0 aliphatic rings. The molecule has 18 heavy (non-hydrogen) atoms. The molecule has 100 valence electrons. The third-order valence-electron chi connectivity index (χ3n) is 3.11. The summed E-state index contributed by atoms with van der Waals surface area (Å²) in [6, 6.07) is 6.57. The standard InChI is InChI=1S/C15H24N2O/c1-11-9-13(15(2,3)4)6-5-12(11)7-8-17-14(18)10-16/h5-6,9H,7-8,10,16H2,1-4H3,(H,17,18). The van der Waals surface area contributed by atoms with Crippen molar-refractivity contribution in [2.24, 2.45) is 5.73 Å². The van der Waals surface area contributed by atoms with Crippen LogP contribution in [0.2, 0.25) is 0 Å². The molecule has 0 heterocycles. The van der Waals surface area contributed by atoms with Gasteiger partial charge in [-0.3, -0.25) is 4.79 Å². The van der Waals surface area contributed by atoms with E-state index in [9.17, 15) is 4.79 Å². The number of carbonyl (C=O) groups excluding carboxylic acids is 1. The molecule has 0 saturated heterocycles. The fraction of sp³-hybridized carbons (Fsp3) is 0.533. The van der Waals surface area contributed by atoms with Gasteiger partial charge in [0.2, 0.25) is 5.91 Å². The Morgan fingerprint density at radius 3 is 2.50 bits per heavy atom. The van der Waals surface area contributed by atoms with Gasteiger partial charge in [-0.15, -0.1) is 0 Å². The first kappa shape index (κ1) is 14.7. The van der Waals surface area contributed by atoms with Crippen molar-refractivity contribution in [2.75, 3.05) is 13.1 Å². The summed E-state index contributed by atoms with van der Waals surface area (Å²) >= 11 is 0. The predicted octanol–water partition coefficient (Wildman–Crippen LogP) is 1.91. The van der Waals surface area contributed by atoms with Crippen molar-refractivity contribution in [3.05, 3.63) is 34.9 Å². The summed E-state index contributed by atoms with van der Waals surface area (Å²) in [4.78, 5) is 11.0. The summed E-state index contributed by atoms with van der Waals surface area (Å²) in [5, 5.41) is 2.79. The molecule has 0 spiro atoms. The van der Waals surface area contributed by atoms with E-state index < -0.39 is 0 Å². The van der Waals surface area contributed by atoms with Crippen molar-refractivity contribution in [1.29, 1.82) is 0 Å². The van der Waals surface area contributed by atoms with Crippen LogP contribution in [0.4, 0.5) is 0 Å². The molecule has 1 amide bonds. The molecule has 1 rings (SSSR count). The van der Waals surface area contributed by atoms with Gasteiger partial charge in [-0.05, 0) is 35.4 Å². The summed E-state index contributed by atoms with van der Waals surface area (Å²) in [6.07, 6.45) is 0.849. The van der Waals surface area contributed by atoms with E-state index in [0.29, 0.717) is 6.54 Å². The Kier molecular flexibility index (Phi) is 4.91. The quantitative estimate of drug-likeness (QED) is 0.855. The highest BCUT2D eigenvalue weighted by Crippen LogP contribution is 2.24. The topological polar surface area (TPSA) is 55.1 Å². The highest BCUT2D eigenvalue weighted by atomic mass is 16.1. The molecule has 0 bridgehead atoms. The van der Waals surface area contributed by atoms with Crippen LogP contribution in [-0.4, -0.2) is 19.0 Å². The second kappa shape index (κ2) is 6.01. The third-order valence-corrected chi connectivity index (χ3v) is 3.11. The van der Waals surface area contributed by atoms with Crippen molar-refractivity contribution in [2.45, 2.75) is 39.5 Å². The van der Waals surface area contributed by atoms with Crippen molar-refractivity contribution >= 4 is 5.91 Å². The fourth-order valence-electron chi connectivity index (χ4n) is 1.85. The molecule has 0 radical (unpaired) electrons. The molecule has 3 N–H and O–H groups in total. The largest absolute Gasteiger partial charge is 0.355 e. The highest BCUT2D eigenvalue weighted by molar-refractivity contribution is 5.77. The normalized spacial score (nSPS) is 11.4. The zero-order valence-corrected chi connectivity index (χ0v) is 11.8. The summed E-state index contributed by atoms with van der Waals surface area (Å²) < 4.78 is 0. The monoisotopic (exact) mass is 248 g/mol. The van der Waals surface area contributed by atoms with E-state index in [1.165, 1.54) is 16.7 Å². The second-order valence-electron chi connectivity index (χ2n) is 5.70. The Hall–Kier alpha value is -1.35. The zero-order chi connectivity index (χ0) is 13.8. The van der Waals surface area contributed by atoms with Crippen molar-refractivity contribution in [3.8, 4) is 0 Å². The smallest absolute Gasteiger partial charge is 0.233 e. The fourth-order valence-corrected chi connectivity index (χ4v) is 1.85. The Bertz CT molecular complexity index is 419. The van der Waals surface area contributed by atoms with Gasteiger partial charge in [-0.2, -0.15) is 0 Å². The molecular weight excluding hydrogens is 224 g/mol. The number of benzene rings is 1. The summed E-state index contributed by atoms with van der Waals surface area (Å²) in [6.45, 7) is 9.46.